The molecule has 0 aliphatic carbocycles. The molecule has 1 aromatic carbocycles. The van der Waals surface area contributed by atoms with Gasteiger partial charge in [0.2, 0.25) is 10.0 Å². The number of hydrogen-bond acceptors (Lipinski definition) is 2. The summed E-state index contributed by atoms with van der Waals surface area (Å²) in [6.45, 7) is 4.86. The Morgan fingerprint density at radius 3 is 2.42 bits per heavy atom. The highest BCUT2D eigenvalue weighted by atomic mass is 35.5. The molecule has 0 saturated carbocycles. The predicted octanol–water partition coefficient (Wildman–Crippen LogP) is 3.89. The molecule has 108 valence electrons. The molecule has 0 bridgehead atoms. The number of alkyl halides is 1. The minimum atomic E-state index is -3.47. The fourth-order valence-corrected chi connectivity index (χ4v) is 3.86. The molecule has 0 aliphatic rings. The van der Waals surface area contributed by atoms with Crippen molar-refractivity contribution in [2.45, 2.75) is 37.5 Å². The molecular formula is C13H19Cl2NO2S. The van der Waals surface area contributed by atoms with E-state index in [9.17, 15) is 8.42 Å². The standard InChI is InChI=1S/C13H19Cl2NO2S/c1-3-5-8-16(4-2)19(17,18)12-7-6-11(10-14)13(15)9-12/h6-7,9H,3-5,8,10H2,1-2H3. The van der Waals surface area contributed by atoms with E-state index in [4.69, 9.17) is 23.2 Å². The Hall–Kier alpha value is -0.290. The third-order valence-corrected chi connectivity index (χ3v) is 5.53. The minimum Gasteiger partial charge on any atom is -0.207 e. The van der Waals surface area contributed by atoms with Crippen LogP contribution in [0.4, 0.5) is 0 Å². The smallest absolute Gasteiger partial charge is 0.207 e. The van der Waals surface area contributed by atoms with Gasteiger partial charge in [-0.25, -0.2) is 8.42 Å². The predicted molar refractivity (Wildman–Crippen MR) is 80.3 cm³/mol. The van der Waals surface area contributed by atoms with Gasteiger partial charge in [0, 0.05) is 24.0 Å². The number of rotatable bonds is 7. The molecule has 3 nitrogen and oxygen atoms in total. The van der Waals surface area contributed by atoms with Crippen LogP contribution in [0.3, 0.4) is 0 Å². The van der Waals surface area contributed by atoms with E-state index in [-0.39, 0.29) is 10.8 Å². The summed E-state index contributed by atoms with van der Waals surface area (Å²) in [6, 6.07) is 4.70. The van der Waals surface area contributed by atoms with E-state index in [0.29, 0.717) is 18.1 Å². The summed E-state index contributed by atoms with van der Waals surface area (Å²) in [5, 5.41) is 0.391. The molecule has 0 heterocycles. The van der Waals surface area contributed by atoms with Crippen molar-refractivity contribution in [3.63, 3.8) is 0 Å². The molecule has 0 amide bonds. The van der Waals surface area contributed by atoms with Crippen molar-refractivity contribution in [3.8, 4) is 0 Å². The van der Waals surface area contributed by atoms with Crippen LogP contribution in [0.1, 0.15) is 32.3 Å². The number of halogens is 2. The minimum absolute atomic E-state index is 0.226. The number of hydrogen-bond donors (Lipinski definition) is 0. The molecule has 0 N–H and O–H groups in total. The zero-order chi connectivity index (χ0) is 14.5. The second-order valence-corrected chi connectivity index (χ2v) is 6.85. The SMILES string of the molecule is CCCCN(CC)S(=O)(=O)c1ccc(CCl)c(Cl)c1. The van der Waals surface area contributed by atoms with E-state index in [1.807, 2.05) is 13.8 Å². The first-order valence-electron chi connectivity index (χ1n) is 6.31. The van der Waals surface area contributed by atoms with E-state index in [2.05, 4.69) is 0 Å². The van der Waals surface area contributed by atoms with Gasteiger partial charge in [0.1, 0.15) is 0 Å². The number of nitrogens with zero attached hydrogens (tertiary/aromatic N) is 1. The molecule has 19 heavy (non-hydrogen) atoms. The summed E-state index contributed by atoms with van der Waals surface area (Å²) >= 11 is 11.7. The molecule has 0 fully saturated rings. The maximum Gasteiger partial charge on any atom is 0.243 e. The van der Waals surface area contributed by atoms with Gasteiger partial charge in [0.15, 0.2) is 0 Å². The normalized spacial score (nSPS) is 12.1. The van der Waals surface area contributed by atoms with Gasteiger partial charge in [-0.05, 0) is 24.1 Å². The number of unbranched alkanes of at least 4 members (excludes halogenated alkanes) is 1. The largest absolute Gasteiger partial charge is 0.243 e. The first kappa shape index (κ1) is 16.8. The van der Waals surface area contributed by atoms with Gasteiger partial charge < -0.3 is 0 Å². The van der Waals surface area contributed by atoms with Gasteiger partial charge in [0.05, 0.1) is 4.90 Å². The molecule has 0 radical (unpaired) electrons. The fraction of sp³-hybridized carbons (Fsp3) is 0.538. The van der Waals surface area contributed by atoms with Crippen LogP contribution in [0.2, 0.25) is 5.02 Å². The zero-order valence-corrected chi connectivity index (χ0v) is 13.5. The average Bonchev–Trinajstić information content (AvgIpc) is 2.39. The van der Waals surface area contributed by atoms with Gasteiger partial charge in [-0.15, -0.1) is 11.6 Å². The lowest BCUT2D eigenvalue weighted by Crippen LogP contribution is -2.31. The topological polar surface area (TPSA) is 37.4 Å². The molecule has 1 rings (SSSR count). The summed E-state index contributed by atoms with van der Waals surface area (Å²) < 4.78 is 26.4. The van der Waals surface area contributed by atoms with Crippen molar-refractivity contribution in [1.29, 1.82) is 0 Å². The molecule has 0 aromatic heterocycles. The third kappa shape index (κ3) is 4.09. The zero-order valence-electron chi connectivity index (χ0n) is 11.2. The van der Waals surface area contributed by atoms with Crippen LogP contribution in [0.15, 0.2) is 23.1 Å². The summed E-state index contributed by atoms with van der Waals surface area (Å²) in [5.74, 6) is 0.270. The molecule has 0 saturated heterocycles. The third-order valence-electron chi connectivity index (χ3n) is 2.92. The lowest BCUT2D eigenvalue weighted by Gasteiger charge is -2.20. The lowest BCUT2D eigenvalue weighted by molar-refractivity contribution is 0.419. The molecule has 0 unspecified atom stereocenters. The van der Waals surface area contributed by atoms with Crippen molar-refractivity contribution in [3.05, 3.63) is 28.8 Å². The van der Waals surface area contributed by atoms with Crippen LogP contribution in [0.5, 0.6) is 0 Å². The maximum atomic E-state index is 12.5. The molecular weight excluding hydrogens is 305 g/mol. The monoisotopic (exact) mass is 323 g/mol. The summed E-state index contributed by atoms with van der Waals surface area (Å²) in [6.07, 6.45) is 1.80. The Kier molecular flexibility index (Phi) is 6.60. The van der Waals surface area contributed by atoms with Gasteiger partial charge in [0.25, 0.3) is 0 Å². The summed E-state index contributed by atoms with van der Waals surface area (Å²) in [5.41, 5.74) is 0.735. The molecule has 0 aliphatic heterocycles. The Balaban J connectivity index is 3.07. The average molecular weight is 324 g/mol. The van der Waals surface area contributed by atoms with Crippen molar-refractivity contribution < 1.29 is 8.42 Å². The van der Waals surface area contributed by atoms with Crippen molar-refractivity contribution in [1.82, 2.24) is 4.31 Å². The quantitative estimate of drug-likeness (QED) is 0.714. The fourth-order valence-electron chi connectivity index (χ4n) is 1.73. The first-order chi connectivity index (χ1) is 8.97. The van der Waals surface area contributed by atoms with Crippen LogP contribution < -0.4 is 0 Å². The van der Waals surface area contributed by atoms with Gasteiger partial charge >= 0.3 is 0 Å². The van der Waals surface area contributed by atoms with Crippen LogP contribution in [-0.4, -0.2) is 25.8 Å². The van der Waals surface area contributed by atoms with E-state index < -0.39 is 10.0 Å². The first-order valence-corrected chi connectivity index (χ1v) is 8.67. The van der Waals surface area contributed by atoms with E-state index >= 15 is 0 Å². The van der Waals surface area contributed by atoms with E-state index in [1.165, 1.54) is 10.4 Å². The Labute approximate surface area is 125 Å². The number of benzene rings is 1. The molecule has 1 aromatic rings. The van der Waals surface area contributed by atoms with Gasteiger partial charge in [-0.2, -0.15) is 4.31 Å². The molecule has 0 spiro atoms. The molecule has 6 heteroatoms. The van der Waals surface area contributed by atoms with Gasteiger partial charge in [-0.1, -0.05) is 37.9 Å². The van der Waals surface area contributed by atoms with E-state index in [1.54, 1.807) is 12.1 Å². The van der Waals surface area contributed by atoms with E-state index in [0.717, 1.165) is 18.4 Å². The van der Waals surface area contributed by atoms with Crippen molar-refractivity contribution >= 4 is 33.2 Å². The second-order valence-electron chi connectivity index (χ2n) is 4.24. The second kappa shape index (κ2) is 7.48. The highest BCUT2D eigenvalue weighted by Crippen LogP contribution is 2.24. The van der Waals surface area contributed by atoms with Crippen molar-refractivity contribution in [2.75, 3.05) is 13.1 Å². The van der Waals surface area contributed by atoms with Crippen LogP contribution in [-0.2, 0) is 15.9 Å². The summed E-state index contributed by atoms with van der Waals surface area (Å²) in [4.78, 5) is 0.226. The van der Waals surface area contributed by atoms with Crippen molar-refractivity contribution in [2.24, 2.45) is 0 Å². The van der Waals surface area contributed by atoms with Gasteiger partial charge in [-0.3, -0.25) is 0 Å². The van der Waals surface area contributed by atoms with Crippen LogP contribution in [0.25, 0.3) is 0 Å². The lowest BCUT2D eigenvalue weighted by atomic mass is 10.2. The number of sulfonamides is 1. The Morgan fingerprint density at radius 2 is 1.95 bits per heavy atom. The highest BCUT2D eigenvalue weighted by molar-refractivity contribution is 7.89. The summed E-state index contributed by atoms with van der Waals surface area (Å²) in [7, 11) is -3.47. The van der Waals surface area contributed by atoms with Crippen LogP contribution in [0, 0.1) is 0 Å². The van der Waals surface area contributed by atoms with Crippen LogP contribution >= 0.6 is 23.2 Å². The maximum absolute atomic E-state index is 12.5. The molecule has 0 atom stereocenters. The Bertz CT molecular complexity index is 517. The highest BCUT2D eigenvalue weighted by Gasteiger charge is 2.23. The Morgan fingerprint density at radius 1 is 1.26 bits per heavy atom.